The predicted octanol–water partition coefficient (Wildman–Crippen LogP) is 14.4. The van der Waals surface area contributed by atoms with E-state index in [9.17, 15) is 0 Å². The number of nitrogens with two attached hydrogens (primary N) is 1. The van der Waals surface area contributed by atoms with Crippen molar-refractivity contribution >= 4 is 52.1 Å². The summed E-state index contributed by atoms with van der Waals surface area (Å²) >= 11 is 0. The molecule has 0 unspecified atom stereocenters. The van der Waals surface area contributed by atoms with E-state index in [0.717, 1.165) is 125 Å². The molecule has 0 fully saturated rings. The number of nitrogen functional groups attached to an aromatic ring is 1. The Hall–Kier alpha value is -6.88. The van der Waals surface area contributed by atoms with Crippen LogP contribution in [0.5, 0.6) is 0 Å². The van der Waals surface area contributed by atoms with Crippen molar-refractivity contribution in [3.05, 3.63) is 198 Å². The second kappa shape index (κ2) is 18.1. The average Bonchev–Trinajstić information content (AvgIpc) is 4.13. The third-order valence-electron chi connectivity index (χ3n) is 12.6. The SMILES string of the molecule is C=CCC(CC=C)(CC=C)c1ccc(-c2c3nc(c(-c4ccc(C)cc4)c4ccc([n-]4)c(-c4cc(C)c(N)c(C)c4)c4nc(c(-c5ccc(C)cc5)c5ccc2[n-]5)C=C4)C=C3)cc1.[Zn+2]. The van der Waals surface area contributed by atoms with Crippen molar-refractivity contribution in [2.45, 2.75) is 52.4 Å². The van der Waals surface area contributed by atoms with Crippen LogP contribution < -0.4 is 15.7 Å². The van der Waals surface area contributed by atoms with Crippen molar-refractivity contribution in [2.75, 3.05) is 5.73 Å². The fraction of sp³-hybridized carbons (Fsp3) is 0.138. The first-order valence-electron chi connectivity index (χ1n) is 21.6. The number of anilines is 1. The molecule has 4 aromatic carbocycles. The zero-order valence-electron chi connectivity index (χ0n) is 37.2. The van der Waals surface area contributed by atoms with Crippen molar-refractivity contribution < 1.29 is 19.5 Å². The Kier molecular flexibility index (Phi) is 12.4. The van der Waals surface area contributed by atoms with Crippen molar-refractivity contribution in [1.29, 1.82) is 0 Å². The molecule has 310 valence electrons. The van der Waals surface area contributed by atoms with Gasteiger partial charge in [0.05, 0.1) is 22.8 Å². The summed E-state index contributed by atoms with van der Waals surface area (Å²) < 4.78 is 0. The van der Waals surface area contributed by atoms with E-state index in [0.29, 0.717) is 0 Å². The number of hydrogen-bond donors (Lipinski definition) is 1. The molecule has 0 spiro atoms. The fourth-order valence-corrected chi connectivity index (χ4v) is 9.25. The summed E-state index contributed by atoms with van der Waals surface area (Å²) in [6.45, 7) is 20.7. The molecular weight excluding hydrogens is 832 g/mol. The quantitative estimate of drug-likeness (QED) is 0.0795. The molecule has 7 aromatic rings. The maximum atomic E-state index is 6.52. The molecule has 0 aliphatic carbocycles. The van der Waals surface area contributed by atoms with Crippen LogP contribution in [0.2, 0.25) is 0 Å². The van der Waals surface area contributed by atoms with Crippen molar-refractivity contribution in [3.8, 4) is 44.5 Å². The maximum Gasteiger partial charge on any atom is 2.00 e. The predicted molar refractivity (Wildman–Crippen MR) is 268 cm³/mol. The third-order valence-corrected chi connectivity index (χ3v) is 12.6. The molecule has 0 atom stereocenters. The molecule has 5 heterocycles. The van der Waals surface area contributed by atoms with E-state index < -0.39 is 0 Å². The van der Waals surface area contributed by atoms with Gasteiger partial charge in [0.2, 0.25) is 0 Å². The Labute approximate surface area is 389 Å². The van der Waals surface area contributed by atoms with E-state index in [1.54, 1.807) is 0 Å². The largest absolute Gasteiger partial charge is 2.00 e. The topological polar surface area (TPSA) is 80.0 Å². The summed E-state index contributed by atoms with van der Waals surface area (Å²) in [5.74, 6) is 0. The van der Waals surface area contributed by atoms with Gasteiger partial charge >= 0.3 is 19.5 Å². The van der Waals surface area contributed by atoms with Crippen LogP contribution in [0.4, 0.5) is 5.69 Å². The Morgan fingerprint density at radius 3 is 1.11 bits per heavy atom. The molecule has 2 N–H and O–H groups in total. The van der Waals surface area contributed by atoms with E-state index in [1.165, 1.54) is 16.7 Å². The molecule has 3 aromatic heterocycles. The van der Waals surface area contributed by atoms with Gasteiger partial charge in [-0.25, -0.2) is 9.97 Å². The van der Waals surface area contributed by atoms with Crippen LogP contribution in [-0.2, 0) is 24.9 Å². The van der Waals surface area contributed by atoms with Gasteiger partial charge in [0.25, 0.3) is 0 Å². The Morgan fingerprint density at radius 2 is 0.781 bits per heavy atom. The fourth-order valence-electron chi connectivity index (χ4n) is 9.25. The van der Waals surface area contributed by atoms with E-state index in [1.807, 2.05) is 18.2 Å². The number of hydrogen-bond acceptors (Lipinski definition) is 3. The van der Waals surface area contributed by atoms with Crippen LogP contribution in [-0.4, -0.2) is 9.97 Å². The van der Waals surface area contributed by atoms with Crippen LogP contribution in [0.1, 0.15) is 69.9 Å². The third kappa shape index (κ3) is 8.11. The maximum absolute atomic E-state index is 6.52. The first-order chi connectivity index (χ1) is 30.6. The molecule has 5 nitrogen and oxygen atoms in total. The first kappa shape index (κ1) is 43.8. The summed E-state index contributed by atoms with van der Waals surface area (Å²) in [4.78, 5) is 21.9. The van der Waals surface area contributed by atoms with E-state index in [2.05, 4.69) is 181 Å². The summed E-state index contributed by atoms with van der Waals surface area (Å²) in [6, 6.07) is 38.8. The van der Waals surface area contributed by atoms with Crippen molar-refractivity contribution in [3.63, 3.8) is 0 Å². The van der Waals surface area contributed by atoms with Gasteiger partial charge in [-0.3, -0.25) is 0 Å². The molecule has 2 aliphatic rings. The molecular formula is C58H51N5Zn. The van der Waals surface area contributed by atoms with Gasteiger partial charge in [-0.05, 0) is 145 Å². The van der Waals surface area contributed by atoms with Crippen molar-refractivity contribution in [2.24, 2.45) is 0 Å². The van der Waals surface area contributed by atoms with Crippen LogP contribution >= 0.6 is 0 Å². The monoisotopic (exact) mass is 881 g/mol. The van der Waals surface area contributed by atoms with Crippen molar-refractivity contribution in [1.82, 2.24) is 19.9 Å². The van der Waals surface area contributed by atoms with Gasteiger partial charge in [-0.15, -0.1) is 41.8 Å². The standard InChI is InChI=1S/C58H51N5.Zn/c1-8-31-58(32-9-2,33-10-3)44-21-19-42(20-22-44)55-49-25-23-45(60-49)53(40-15-11-36(4)12-16-40)47-27-29-51(62-47)56(43-34-38(6)57(59)39(7)35-43)52-30-28-48(63-52)54(46-24-26-50(55)61-46)41-17-13-37(5)14-18-41;/h8-30,34-35H,1-3,31-33,59H2,4-7H3;/q-2;+2. The molecule has 0 radical (unpaired) electrons. The van der Waals surface area contributed by atoms with Gasteiger partial charge in [-0.2, -0.15) is 0 Å². The normalized spacial score (nSPS) is 11.9. The van der Waals surface area contributed by atoms with E-state index in [-0.39, 0.29) is 24.9 Å². The van der Waals surface area contributed by atoms with Crippen LogP contribution in [0, 0.1) is 27.7 Å². The summed E-state index contributed by atoms with van der Waals surface area (Å²) in [5.41, 5.74) is 27.2. The molecule has 6 heteroatoms. The number of allylic oxidation sites excluding steroid dienone is 3. The number of rotatable bonds is 11. The van der Waals surface area contributed by atoms with Gasteiger partial charge in [0, 0.05) is 11.1 Å². The molecule has 9 rings (SSSR count). The Balaban J connectivity index is 0.00000560. The van der Waals surface area contributed by atoms with Gasteiger partial charge in [0.1, 0.15) is 0 Å². The van der Waals surface area contributed by atoms with Gasteiger partial charge in [0.15, 0.2) is 0 Å². The summed E-state index contributed by atoms with van der Waals surface area (Å²) in [5, 5.41) is 0. The second-order valence-electron chi connectivity index (χ2n) is 17.0. The van der Waals surface area contributed by atoms with Gasteiger partial charge in [-0.1, -0.05) is 126 Å². The number of aromatic nitrogens is 4. The van der Waals surface area contributed by atoms with Crippen LogP contribution in [0.3, 0.4) is 0 Å². The second-order valence-corrected chi connectivity index (χ2v) is 17.0. The summed E-state index contributed by atoms with van der Waals surface area (Å²) in [6.07, 6.45) is 16.9. The minimum atomic E-state index is -0.179. The minimum Gasteiger partial charge on any atom is -0.657 e. The molecule has 0 amide bonds. The molecule has 8 bridgehead atoms. The van der Waals surface area contributed by atoms with E-state index >= 15 is 0 Å². The Bertz CT molecular complexity index is 3080. The number of aryl methyl sites for hydroxylation is 4. The van der Waals surface area contributed by atoms with Crippen LogP contribution in [0.15, 0.2) is 147 Å². The Morgan fingerprint density at radius 1 is 0.469 bits per heavy atom. The molecule has 64 heavy (non-hydrogen) atoms. The summed E-state index contributed by atoms with van der Waals surface area (Å²) in [7, 11) is 0. The minimum absolute atomic E-state index is 0. The van der Waals surface area contributed by atoms with Gasteiger partial charge < -0.3 is 15.7 Å². The first-order valence-corrected chi connectivity index (χ1v) is 21.6. The number of benzene rings is 4. The smallest absolute Gasteiger partial charge is 0.657 e. The van der Waals surface area contributed by atoms with Crippen LogP contribution in [0.25, 0.3) is 90.9 Å². The molecule has 0 saturated heterocycles. The average molecular weight is 883 g/mol. The molecule has 0 saturated carbocycles. The number of fused-ring (bicyclic) bond motifs is 8. The number of nitrogens with zero attached hydrogens (tertiary/aromatic N) is 4. The zero-order valence-corrected chi connectivity index (χ0v) is 40.2. The zero-order chi connectivity index (χ0) is 43.8. The van der Waals surface area contributed by atoms with E-state index in [4.69, 9.17) is 25.7 Å². The molecule has 2 aliphatic heterocycles.